The summed E-state index contributed by atoms with van der Waals surface area (Å²) in [5.74, 6) is -0.310. The third-order valence-corrected chi connectivity index (χ3v) is 4.98. The van der Waals surface area contributed by atoms with E-state index in [1.54, 1.807) is 18.2 Å². The second-order valence-corrected chi connectivity index (χ2v) is 7.10. The number of nitro benzene ring substituents is 1. The monoisotopic (exact) mass is 388 g/mol. The topological polar surface area (TPSA) is 78.7 Å². The van der Waals surface area contributed by atoms with Crippen LogP contribution >= 0.6 is 11.6 Å². The van der Waals surface area contributed by atoms with Crippen molar-refractivity contribution in [3.63, 3.8) is 0 Å². The molecule has 2 aromatic carbocycles. The number of rotatable bonds is 4. The van der Waals surface area contributed by atoms with Gasteiger partial charge in [0.1, 0.15) is 5.69 Å². The summed E-state index contributed by atoms with van der Waals surface area (Å²) in [7, 11) is 2.01. The van der Waals surface area contributed by atoms with Crippen molar-refractivity contribution in [1.82, 2.24) is 4.90 Å². The highest BCUT2D eigenvalue weighted by Crippen LogP contribution is 2.37. The Morgan fingerprint density at radius 1 is 1.15 bits per heavy atom. The number of amides is 1. The van der Waals surface area contributed by atoms with Gasteiger partial charge in [-0.05, 0) is 32.2 Å². The zero-order chi connectivity index (χ0) is 19.6. The minimum atomic E-state index is -0.439. The molecule has 0 spiro atoms. The third-order valence-electron chi connectivity index (χ3n) is 4.67. The molecule has 8 heteroatoms. The number of hydrogen-bond donors (Lipinski definition) is 1. The predicted octanol–water partition coefficient (Wildman–Crippen LogP) is 3.56. The predicted molar refractivity (Wildman–Crippen MR) is 107 cm³/mol. The van der Waals surface area contributed by atoms with Crippen molar-refractivity contribution in [1.29, 1.82) is 0 Å². The van der Waals surface area contributed by atoms with Crippen LogP contribution < -0.4 is 10.2 Å². The van der Waals surface area contributed by atoms with Crippen molar-refractivity contribution in [2.24, 2.45) is 0 Å². The maximum Gasteiger partial charge on any atom is 0.294 e. The third kappa shape index (κ3) is 4.37. The summed E-state index contributed by atoms with van der Waals surface area (Å²) in [5, 5.41) is 14.4. The first-order valence-electron chi connectivity index (χ1n) is 8.64. The Hall–Kier alpha value is -2.64. The van der Waals surface area contributed by atoms with E-state index in [1.165, 1.54) is 6.07 Å². The van der Waals surface area contributed by atoms with Gasteiger partial charge in [-0.1, -0.05) is 29.3 Å². The van der Waals surface area contributed by atoms with Gasteiger partial charge in [-0.15, -0.1) is 0 Å². The molecule has 2 aromatic rings. The summed E-state index contributed by atoms with van der Waals surface area (Å²) in [6.45, 7) is 4.90. The molecule has 0 radical (unpaired) electrons. The van der Waals surface area contributed by atoms with Crippen molar-refractivity contribution >= 4 is 34.6 Å². The number of hydrogen-bond acceptors (Lipinski definition) is 5. The van der Waals surface area contributed by atoms with Crippen LogP contribution in [0.25, 0.3) is 0 Å². The number of halogens is 1. The number of carbonyl (C=O) groups is 1. The minimum absolute atomic E-state index is 0.0575. The molecule has 0 unspecified atom stereocenters. The largest absolute Gasteiger partial charge is 0.363 e. The van der Waals surface area contributed by atoms with Crippen molar-refractivity contribution in [3.8, 4) is 0 Å². The fraction of sp³-hybridized carbons (Fsp3) is 0.316. The number of nitrogens with one attached hydrogen (secondary N) is 1. The van der Waals surface area contributed by atoms with Gasteiger partial charge in [0.15, 0.2) is 0 Å². The van der Waals surface area contributed by atoms with E-state index < -0.39 is 4.92 Å². The summed E-state index contributed by atoms with van der Waals surface area (Å²) < 4.78 is 0. The molecule has 1 saturated heterocycles. The molecule has 142 valence electrons. The summed E-state index contributed by atoms with van der Waals surface area (Å²) in [4.78, 5) is 27.7. The first kappa shape index (κ1) is 19.1. The molecule has 1 aliphatic rings. The molecule has 0 aromatic heterocycles. The van der Waals surface area contributed by atoms with E-state index in [0.717, 1.165) is 18.7 Å². The normalized spacial score (nSPS) is 14.9. The number of nitro groups is 1. The van der Waals surface area contributed by atoms with Crippen LogP contribution in [0, 0.1) is 17.0 Å². The molecule has 1 N–H and O–H groups in total. The van der Waals surface area contributed by atoms with Gasteiger partial charge in [0.2, 0.25) is 0 Å². The van der Waals surface area contributed by atoms with Crippen LogP contribution in [0.1, 0.15) is 15.9 Å². The fourth-order valence-corrected chi connectivity index (χ4v) is 3.20. The molecule has 1 heterocycles. The van der Waals surface area contributed by atoms with Crippen molar-refractivity contribution < 1.29 is 9.72 Å². The second-order valence-electron chi connectivity index (χ2n) is 6.69. The molecule has 1 fully saturated rings. The van der Waals surface area contributed by atoms with Crippen LogP contribution in [0.15, 0.2) is 36.4 Å². The average molecular weight is 389 g/mol. The molecule has 0 aliphatic carbocycles. The highest BCUT2D eigenvalue weighted by atomic mass is 35.5. The van der Waals surface area contributed by atoms with E-state index in [1.807, 2.05) is 31.0 Å². The first-order chi connectivity index (χ1) is 12.8. The van der Waals surface area contributed by atoms with E-state index in [4.69, 9.17) is 11.6 Å². The Labute approximate surface area is 162 Å². The number of aryl methyl sites for hydroxylation is 1. The van der Waals surface area contributed by atoms with E-state index in [2.05, 4.69) is 10.2 Å². The van der Waals surface area contributed by atoms with E-state index in [0.29, 0.717) is 30.0 Å². The molecule has 0 atom stereocenters. The van der Waals surface area contributed by atoms with Gasteiger partial charge in [0.25, 0.3) is 11.6 Å². The summed E-state index contributed by atoms with van der Waals surface area (Å²) >= 11 is 6.22. The fourth-order valence-electron chi connectivity index (χ4n) is 2.99. The van der Waals surface area contributed by atoms with Crippen LogP contribution in [-0.4, -0.2) is 49.0 Å². The lowest BCUT2D eigenvalue weighted by molar-refractivity contribution is -0.384. The standard InChI is InChI=1S/C19H21ClN4O3/c1-13-3-5-14(6-4-13)19(25)21-16-12-17(18(24(26)27)11-15(16)20)23-9-7-22(2)8-10-23/h3-6,11-12H,7-10H2,1-2H3,(H,21,25). The molecule has 1 aliphatic heterocycles. The number of benzene rings is 2. The highest BCUT2D eigenvalue weighted by Gasteiger charge is 2.25. The summed E-state index contributed by atoms with van der Waals surface area (Å²) in [6, 6.07) is 10.1. The minimum Gasteiger partial charge on any atom is -0.363 e. The van der Waals surface area contributed by atoms with E-state index >= 15 is 0 Å². The van der Waals surface area contributed by atoms with Crippen molar-refractivity contribution in [2.75, 3.05) is 43.4 Å². The number of piperazine rings is 1. The molecule has 0 saturated carbocycles. The lowest BCUT2D eigenvalue weighted by Gasteiger charge is -2.33. The summed E-state index contributed by atoms with van der Waals surface area (Å²) in [6.07, 6.45) is 0. The molecular formula is C19H21ClN4O3. The smallest absolute Gasteiger partial charge is 0.294 e. The van der Waals surface area contributed by atoms with Gasteiger partial charge in [-0.2, -0.15) is 0 Å². The zero-order valence-corrected chi connectivity index (χ0v) is 16.0. The highest BCUT2D eigenvalue weighted by molar-refractivity contribution is 6.34. The number of carbonyl (C=O) groups excluding carboxylic acids is 1. The Bertz CT molecular complexity index is 862. The summed E-state index contributed by atoms with van der Waals surface area (Å²) in [5.41, 5.74) is 2.32. The molecule has 3 rings (SSSR count). The molecule has 0 bridgehead atoms. The Morgan fingerprint density at radius 3 is 2.37 bits per heavy atom. The second kappa shape index (κ2) is 7.94. The maximum absolute atomic E-state index is 12.5. The number of nitrogens with zero attached hydrogens (tertiary/aromatic N) is 3. The first-order valence-corrected chi connectivity index (χ1v) is 9.02. The lowest BCUT2D eigenvalue weighted by atomic mass is 10.1. The Kier molecular flexibility index (Phi) is 5.62. The molecular weight excluding hydrogens is 368 g/mol. The van der Waals surface area contributed by atoms with Gasteiger partial charge in [-0.25, -0.2) is 0 Å². The van der Waals surface area contributed by atoms with Crippen LogP contribution in [-0.2, 0) is 0 Å². The van der Waals surface area contributed by atoms with Gasteiger partial charge < -0.3 is 15.1 Å². The van der Waals surface area contributed by atoms with Crippen LogP contribution in [0.3, 0.4) is 0 Å². The zero-order valence-electron chi connectivity index (χ0n) is 15.2. The average Bonchev–Trinajstić information content (AvgIpc) is 2.64. The van der Waals surface area contributed by atoms with Crippen molar-refractivity contribution in [3.05, 3.63) is 62.7 Å². The van der Waals surface area contributed by atoms with Gasteiger partial charge in [0, 0.05) is 37.8 Å². The SMILES string of the molecule is Cc1ccc(C(=O)Nc2cc(N3CCN(C)CC3)c([N+](=O)[O-])cc2Cl)cc1. The number of anilines is 2. The molecule has 1 amide bonds. The molecule has 27 heavy (non-hydrogen) atoms. The van der Waals surface area contributed by atoms with Crippen LogP contribution in [0.2, 0.25) is 5.02 Å². The maximum atomic E-state index is 12.5. The quantitative estimate of drug-likeness (QED) is 0.640. The van der Waals surface area contributed by atoms with Crippen molar-refractivity contribution in [2.45, 2.75) is 6.92 Å². The van der Waals surface area contributed by atoms with Crippen LogP contribution in [0.4, 0.5) is 17.1 Å². The van der Waals surface area contributed by atoms with Gasteiger partial charge in [-0.3, -0.25) is 14.9 Å². The molecule has 7 nitrogen and oxygen atoms in total. The Morgan fingerprint density at radius 2 is 1.78 bits per heavy atom. The van der Waals surface area contributed by atoms with Gasteiger partial charge in [0.05, 0.1) is 15.6 Å². The van der Waals surface area contributed by atoms with Gasteiger partial charge >= 0.3 is 0 Å². The van der Waals surface area contributed by atoms with Crippen LogP contribution in [0.5, 0.6) is 0 Å². The van der Waals surface area contributed by atoms with E-state index in [-0.39, 0.29) is 16.6 Å². The number of likely N-dealkylation sites (N-methyl/N-ethyl adjacent to an activating group) is 1. The lowest BCUT2D eigenvalue weighted by Crippen LogP contribution is -2.44. The van der Waals surface area contributed by atoms with E-state index in [9.17, 15) is 14.9 Å². The Balaban J connectivity index is 1.91.